The maximum Gasteiger partial charge on any atom is 0.143 e. The molecule has 4 aliphatic carbocycles. The largest absolute Gasteiger partial charge is 0.299 e. The Morgan fingerprint density at radius 2 is 1.62 bits per heavy atom. The van der Waals surface area contributed by atoms with Crippen LogP contribution in [0.25, 0.3) is 0 Å². The zero-order valence-electron chi connectivity index (χ0n) is 14.6. The Balaban J connectivity index is 1.92. The lowest BCUT2D eigenvalue weighted by molar-refractivity contribution is -0.182. The van der Waals surface area contributed by atoms with E-state index in [1.165, 1.54) is 44.9 Å². The Morgan fingerprint density at radius 1 is 0.905 bits per heavy atom. The van der Waals surface area contributed by atoms with E-state index in [0.29, 0.717) is 28.4 Å². The molecule has 0 aromatic rings. The molecular weight excluding hydrogens is 256 g/mol. The minimum absolute atomic E-state index is 0.0185. The lowest BCUT2D eigenvalue weighted by Gasteiger charge is -2.65. The van der Waals surface area contributed by atoms with E-state index in [9.17, 15) is 4.79 Å². The quantitative estimate of drug-likeness (QED) is 0.596. The summed E-state index contributed by atoms with van der Waals surface area (Å²) in [4.78, 5) is 13.4. The van der Waals surface area contributed by atoms with Crippen molar-refractivity contribution in [3.8, 4) is 0 Å². The number of carbonyl (C=O) groups is 1. The SMILES string of the molecule is C[C@H]1C(=O)[C@]23CC[C@H]1[C@]2(C)CC[C@H]1C(C)(C)CCC[C@@]13C. The van der Waals surface area contributed by atoms with Crippen molar-refractivity contribution in [2.24, 2.45) is 39.4 Å². The number of hydrogen-bond acceptors (Lipinski definition) is 1. The van der Waals surface area contributed by atoms with Gasteiger partial charge < -0.3 is 0 Å². The molecule has 0 aromatic heterocycles. The van der Waals surface area contributed by atoms with Gasteiger partial charge in [-0.25, -0.2) is 0 Å². The first-order valence-corrected chi connectivity index (χ1v) is 9.25. The second-order valence-electron chi connectivity index (χ2n) is 9.97. The Morgan fingerprint density at radius 3 is 2.33 bits per heavy atom. The summed E-state index contributed by atoms with van der Waals surface area (Å²) in [7, 11) is 0. The lowest BCUT2D eigenvalue weighted by Crippen LogP contribution is -2.61. The van der Waals surface area contributed by atoms with E-state index in [4.69, 9.17) is 0 Å². The highest BCUT2D eigenvalue weighted by atomic mass is 16.1. The second-order valence-corrected chi connectivity index (χ2v) is 9.97. The molecule has 0 unspecified atom stereocenters. The molecule has 4 fully saturated rings. The van der Waals surface area contributed by atoms with Crippen LogP contribution in [0.5, 0.6) is 0 Å². The number of ketones is 1. The molecule has 4 saturated carbocycles. The Labute approximate surface area is 130 Å². The van der Waals surface area contributed by atoms with Gasteiger partial charge in [0, 0.05) is 11.3 Å². The van der Waals surface area contributed by atoms with E-state index in [0.717, 1.165) is 5.92 Å². The minimum Gasteiger partial charge on any atom is -0.299 e. The van der Waals surface area contributed by atoms with Crippen molar-refractivity contribution >= 4 is 5.78 Å². The summed E-state index contributed by atoms with van der Waals surface area (Å²) < 4.78 is 0. The van der Waals surface area contributed by atoms with E-state index < -0.39 is 0 Å². The molecule has 0 heterocycles. The summed E-state index contributed by atoms with van der Waals surface area (Å²) in [6, 6.07) is 0. The molecule has 1 heteroatoms. The highest BCUT2D eigenvalue weighted by Gasteiger charge is 2.78. The fraction of sp³-hybridized carbons (Fsp3) is 0.950. The van der Waals surface area contributed by atoms with Crippen molar-refractivity contribution in [2.75, 3.05) is 0 Å². The van der Waals surface area contributed by atoms with Crippen LogP contribution in [0, 0.1) is 39.4 Å². The van der Waals surface area contributed by atoms with Gasteiger partial charge in [0.2, 0.25) is 0 Å². The summed E-state index contributed by atoms with van der Waals surface area (Å²) in [6.45, 7) is 12.2. The maximum atomic E-state index is 13.4. The lowest BCUT2D eigenvalue weighted by atomic mass is 9.38. The first-order chi connectivity index (χ1) is 9.71. The molecule has 0 aromatic carbocycles. The van der Waals surface area contributed by atoms with Crippen LogP contribution in [0.2, 0.25) is 0 Å². The van der Waals surface area contributed by atoms with Crippen LogP contribution in [0.3, 0.4) is 0 Å². The molecule has 1 nitrogen and oxygen atoms in total. The van der Waals surface area contributed by atoms with Crippen molar-refractivity contribution in [3.05, 3.63) is 0 Å². The molecule has 0 saturated heterocycles. The normalized spacial score (nSPS) is 58.0. The second kappa shape index (κ2) is 3.77. The number of Topliss-reactive ketones (excluding diaryl/α,β-unsaturated/α-hetero) is 1. The monoisotopic (exact) mass is 288 g/mol. The molecule has 0 aliphatic heterocycles. The average molecular weight is 288 g/mol. The van der Waals surface area contributed by atoms with Gasteiger partial charge in [0.1, 0.15) is 5.78 Å². The molecule has 0 spiro atoms. The molecule has 21 heavy (non-hydrogen) atoms. The van der Waals surface area contributed by atoms with Crippen molar-refractivity contribution in [2.45, 2.75) is 79.6 Å². The van der Waals surface area contributed by atoms with Gasteiger partial charge in [-0.05, 0) is 66.6 Å². The summed E-state index contributed by atoms with van der Waals surface area (Å²) in [5, 5.41) is 0. The Bertz CT molecular complexity index is 506. The van der Waals surface area contributed by atoms with Gasteiger partial charge in [-0.1, -0.05) is 41.0 Å². The van der Waals surface area contributed by atoms with Gasteiger partial charge in [-0.3, -0.25) is 4.79 Å². The topological polar surface area (TPSA) is 17.1 Å². The fourth-order valence-electron chi connectivity index (χ4n) is 8.47. The number of rotatable bonds is 0. The summed E-state index contributed by atoms with van der Waals surface area (Å²) in [5.41, 5.74) is 1.01. The number of fused-ring (bicyclic) bond motifs is 1. The van der Waals surface area contributed by atoms with E-state index in [1.54, 1.807) is 0 Å². The van der Waals surface area contributed by atoms with Crippen LogP contribution < -0.4 is 0 Å². The highest BCUT2D eigenvalue weighted by Crippen LogP contribution is 2.80. The third-order valence-corrected chi connectivity index (χ3v) is 9.22. The third-order valence-electron chi connectivity index (χ3n) is 9.22. The molecule has 6 atom stereocenters. The van der Waals surface area contributed by atoms with Crippen LogP contribution in [0.4, 0.5) is 0 Å². The Hall–Kier alpha value is -0.330. The van der Waals surface area contributed by atoms with Gasteiger partial charge in [0.25, 0.3) is 0 Å². The molecule has 4 aliphatic rings. The third kappa shape index (κ3) is 1.27. The molecule has 0 radical (unpaired) electrons. The van der Waals surface area contributed by atoms with Crippen molar-refractivity contribution < 1.29 is 4.79 Å². The molecule has 4 rings (SSSR count). The first kappa shape index (κ1) is 14.3. The van der Waals surface area contributed by atoms with Crippen molar-refractivity contribution in [1.29, 1.82) is 0 Å². The van der Waals surface area contributed by atoms with Crippen LogP contribution in [-0.4, -0.2) is 5.78 Å². The highest BCUT2D eigenvalue weighted by molar-refractivity contribution is 5.93. The van der Waals surface area contributed by atoms with Gasteiger partial charge in [-0.2, -0.15) is 0 Å². The van der Waals surface area contributed by atoms with E-state index in [1.807, 2.05) is 0 Å². The molecule has 0 N–H and O–H groups in total. The van der Waals surface area contributed by atoms with E-state index in [2.05, 4.69) is 34.6 Å². The smallest absolute Gasteiger partial charge is 0.143 e. The average Bonchev–Trinajstić information content (AvgIpc) is 2.78. The van der Waals surface area contributed by atoms with E-state index in [-0.39, 0.29) is 10.8 Å². The van der Waals surface area contributed by atoms with Crippen molar-refractivity contribution in [1.82, 2.24) is 0 Å². The number of carbonyl (C=O) groups excluding carboxylic acids is 1. The van der Waals surface area contributed by atoms with E-state index >= 15 is 0 Å². The fourth-order valence-corrected chi connectivity index (χ4v) is 8.47. The predicted octanol–water partition coefficient (Wildman–Crippen LogP) is 5.23. The summed E-state index contributed by atoms with van der Waals surface area (Å²) >= 11 is 0. The van der Waals surface area contributed by atoms with Crippen LogP contribution in [-0.2, 0) is 4.79 Å². The van der Waals surface area contributed by atoms with Gasteiger partial charge in [0.15, 0.2) is 0 Å². The molecule has 118 valence electrons. The summed E-state index contributed by atoms with van der Waals surface area (Å²) in [5.74, 6) is 2.41. The van der Waals surface area contributed by atoms with Gasteiger partial charge >= 0.3 is 0 Å². The van der Waals surface area contributed by atoms with Crippen LogP contribution in [0.1, 0.15) is 79.6 Å². The zero-order valence-corrected chi connectivity index (χ0v) is 14.6. The maximum absolute atomic E-state index is 13.4. The number of hydrogen-bond donors (Lipinski definition) is 0. The van der Waals surface area contributed by atoms with Gasteiger partial charge in [-0.15, -0.1) is 0 Å². The Kier molecular flexibility index (Phi) is 2.56. The first-order valence-electron chi connectivity index (χ1n) is 9.25. The van der Waals surface area contributed by atoms with Crippen LogP contribution >= 0.6 is 0 Å². The van der Waals surface area contributed by atoms with Crippen LogP contribution in [0.15, 0.2) is 0 Å². The summed E-state index contributed by atoms with van der Waals surface area (Å²) in [6.07, 6.45) is 9.14. The predicted molar refractivity (Wildman–Crippen MR) is 85.9 cm³/mol. The molecule has 0 amide bonds. The molecule has 2 bridgehead atoms. The zero-order chi connectivity index (χ0) is 15.3. The van der Waals surface area contributed by atoms with Gasteiger partial charge in [0.05, 0.1) is 0 Å². The van der Waals surface area contributed by atoms with Crippen molar-refractivity contribution in [3.63, 3.8) is 0 Å². The standard InChI is InChI=1S/C20H32O/c1-13-14-7-12-20(16(13)21)18(14,4)11-8-15-17(2,3)9-6-10-19(15,20)5/h13-15H,6-12H2,1-5H3/t13-,14-,15+,18+,19+,20-/m1/s1. The molecular formula is C20H32O. The minimum atomic E-state index is 0.0185.